The molecular weight excluding hydrogens is 364 g/mol. The number of aliphatic carboxylic acids is 2. The SMILES string of the molecule is CC(N=Nc1cccc[n+]1CCC(=O)O)=NN=c1ccccn1CCC(=O)O. The third kappa shape index (κ3) is 6.90. The highest BCUT2D eigenvalue weighted by atomic mass is 16.4. The molecule has 0 spiro atoms. The van der Waals surface area contributed by atoms with Gasteiger partial charge in [-0.3, -0.25) is 9.59 Å². The molecule has 0 unspecified atom stereocenters. The van der Waals surface area contributed by atoms with Crippen molar-refractivity contribution in [1.29, 1.82) is 0 Å². The summed E-state index contributed by atoms with van der Waals surface area (Å²) in [6.07, 6.45) is 3.40. The zero-order chi connectivity index (χ0) is 20.4. The molecule has 0 amide bonds. The van der Waals surface area contributed by atoms with Crippen LogP contribution in [0.1, 0.15) is 19.8 Å². The van der Waals surface area contributed by atoms with Crippen LogP contribution in [0, 0.1) is 0 Å². The first-order chi connectivity index (χ1) is 13.5. The molecule has 0 saturated carbocycles. The second kappa shape index (κ2) is 10.5. The van der Waals surface area contributed by atoms with Gasteiger partial charge in [0.25, 0.3) is 0 Å². The van der Waals surface area contributed by atoms with Crippen LogP contribution in [0.3, 0.4) is 0 Å². The van der Waals surface area contributed by atoms with Crippen LogP contribution in [-0.4, -0.2) is 32.6 Å². The Kier molecular flexibility index (Phi) is 7.70. The van der Waals surface area contributed by atoms with Gasteiger partial charge in [0.1, 0.15) is 6.54 Å². The number of hydrogen-bond donors (Lipinski definition) is 2. The minimum absolute atomic E-state index is 0.0239. The van der Waals surface area contributed by atoms with E-state index in [-0.39, 0.29) is 25.9 Å². The average Bonchev–Trinajstić information content (AvgIpc) is 2.68. The Labute approximate surface area is 160 Å². The number of carboxylic acid groups (broad SMARTS) is 2. The summed E-state index contributed by atoms with van der Waals surface area (Å²) >= 11 is 0. The lowest BCUT2D eigenvalue weighted by atomic mass is 10.4. The quantitative estimate of drug-likeness (QED) is 0.235. The lowest BCUT2D eigenvalue weighted by Gasteiger charge is -2.03. The predicted octanol–water partition coefficient (Wildman–Crippen LogP) is 1.74. The number of carboxylic acids is 2. The van der Waals surface area contributed by atoms with Crippen molar-refractivity contribution in [3.63, 3.8) is 0 Å². The number of carbonyl (C=O) groups is 2. The van der Waals surface area contributed by atoms with E-state index in [2.05, 4.69) is 20.4 Å². The standard InChI is InChI=1S/C18H20N6O4/c1-14(19-21-15-6-2-4-10-23(15)12-8-17(25)26)20-22-16-7-3-5-11-24(16)13-9-18(27)28/h2-7,10-11H,8-9,12-13H2,1H3,(H-,25,26,27,28)/p+1. The number of pyridine rings is 2. The van der Waals surface area contributed by atoms with Crippen molar-refractivity contribution in [2.24, 2.45) is 20.4 Å². The number of aryl methyl sites for hydroxylation is 2. The minimum atomic E-state index is -0.894. The molecule has 28 heavy (non-hydrogen) atoms. The maximum Gasteiger partial charge on any atom is 0.350 e. The van der Waals surface area contributed by atoms with Gasteiger partial charge in [-0.25, -0.2) is 4.57 Å². The van der Waals surface area contributed by atoms with Gasteiger partial charge in [-0.05, 0) is 23.3 Å². The van der Waals surface area contributed by atoms with Crippen molar-refractivity contribution in [3.05, 3.63) is 54.3 Å². The highest BCUT2D eigenvalue weighted by Crippen LogP contribution is 2.05. The highest BCUT2D eigenvalue weighted by molar-refractivity contribution is 5.79. The largest absolute Gasteiger partial charge is 0.481 e. The minimum Gasteiger partial charge on any atom is -0.481 e. The van der Waals surface area contributed by atoms with Gasteiger partial charge in [-0.15, -0.1) is 10.2 Å². The van der Waals surface area contributed by atoms with E-state index in [1.54, 1.807) is 64.8 Å². The fourth-order valence-electron chi connectivity index (χ4n) is 2.19. The van der Waals surface area contributed by atoms with Gasteiger partial charge in [-0.1, -0.05) is 12.1 Å². The maximum atomic E-state index is 10.7. The van der Waals surface area contributed by atoms with Crippen LogP contribution in [0.15, 0.2) is 69.2 Å². The summed E-state index contributed by atoms with van der Waals surface area (Å²) < 4.78 is 3.36. The number of amidine groups is 1. The Morgan fingerprint density at radius 1 is 1.07 bits per heavy atom. The third-order valence-electron chi connectivity index (χ3n) is 3.56. The van der Waals surface area contributed by atoms with Gasteiger partial charge in [0.15, 0.2) is 11.3 Å². The fraction of sp³-hybridized carbons (Fsp3) is 0.278. The van der Waals surface area contributed by atoms with E-state index in [1.165, 1.54) is 0 Å². The summed E-state index contributed by atoms with van der Waals surface area (Å²) in [7, 11) is 0. The van der Waals surface area contributed by atoms with Gasteiger partial charge in [0.05, 0.1) is 24.2 Å². The first kappa shape index (κ1) is 20.6. The van der Waals surface area contributed by atoms with Crippen LogP contribution in [-0.2, 0) is 22.7 Å². The Hall–Kier alpha value is -3.69. The zero-order valence-electron chi connectivity index (χ0n) is 15.3. The maximum absolute atomic E-state index is 10.7. The Morgan fingerprint density at radius 2 is 1.82 bits per heavy atom. The molecule has 2 aromatic heterocycles. The van der Waals surface area contributed by atoms with Crippen LogP contribution in [0.25, 0.3) is 0 Å². The lowest BCUT2D eigenvalue weighted by Crippen LogP contribution is -2.34. The van der Waals surface area contributed by atoms with E-state index in [9.17, 15) is 9.59 Å². The molecule has 0 fully saturated rings. The summed E-state index contributed by atoms with van der Waals surface area (Å²) in [5, 5.41) is 33.9. The normalized spacial score (nSPS) is 12.5. The summed E-state index contributed by atoms with van der Waals surface area (Å²) in [4.78, 5) is 21.5. The first-order valence-corrected chi connectivity index (χ1v) is 8.53. The molecule has 146 valence electrons. The van der Waals surface area contributed by atoms with E-state index in [1.807, 2.05) is 0 Å². The van der Waals surface area contributed by atoms with Crippen LogP contribution < -0.4 is 10.1 Å². The summed E-state index contributed by atoms with van der Waals surface area (Å²) in [6, 6.07) is 10.5. The number of nitrogens with zero attached hydrogens (tertiary/aromatic N) is 6. The van der Waals surface area contributed by atoms with Crippen molar-refractivity contribution < 1.29 is 24.4 Å². The molecule has 10 nitrogen and oxygen atoms in total. The highest BCUT2D eigenvalue weighted by Gasteiger charge is 2.10. The van der Waals surface area contributed by atoms with E-state index >= 15 is 0 Å². The molecule has 0 aromatic carbocycles. The van der Waals surface area contributed by atoms with E-state index in [0.717, 1.165) is 0 Å². The van der Waals surface area contributed by atoms with Gasteiger partial charge in [0.2, 0.25) is 0 Å². The molecule has 0 radical (unpaired) electrons. The van der Waals surface area contributed by atoms with Gasteiger partial charge in [0, 0.05) is 25.7 Å². The fourth-order valence-corrected chi connectivity index (χ4v) is 2.19. The number of hydrogen-bond acceptors (Lipinski definition) is 5. The summed E-state index contributed by atoms with van der Waals surface area (Å²) in [5.41, 5.74) is 0.495. The summed E-state index contributed by atoms with van der Waals surface area (Å²) in [5.74, 6) is -0.999. The molecule has 0 aliphatic rings. The molecule has 0 saturated heterocycles. The lowest BCUT2D eigenvalue weighted by molar-refractivity contribution is -0.683. The van der Waals surface area contributed by atoms with Crippen LogP contribution in [0.4, 0.5) is 5.82 Å². The second-order valence-electron chi connectivity index (χ2n) is 5.74. The van der Waals surface area contributed by atoms with Gasteiger partial charge in [-0.2, -0.15) is 0 Å². The number of aromatic nitrogens is 2. The van der Waals surface area contributed by atoms with E-state index < -0.39 is 11.9 Å². The molecule has 2 N–H and O–H groups in total. The van der Waals surface area contributed by atoms with Crippen molar-refractivity contribution in [1.82, 2.24) is 4.57 Å². The number of azo groups is 1. The second-order valence-corrected chi connectivity index (χ2v) is 5.74. The van der Waals surface area contributed by atoms with Crippen molar-refractivity contribution in [2.75, 3.05) is 0 Å². The molecule has 10 heteroatoms. The average molecular weight is 385 g/mol. The summed E-state index contributed by atoms with van der Waals surface area (Å²) in [6.45, 7) is 2.18. The molecule has 0 bridgehead atoms. The topological polar surface area (TPSA) is 133 Å². The van der Waals surface area contributed by atoms with Crippen molar-refractivity contribution in [2.45, 2.75) is 32.9 Å². The van der Waals surface area contributed by atoms with Crippen molar-refractivity contribution in [3.8, 4) is 0 Å². The molecule has 0 aliphatic carbocycles. The van der Waals surface area contributed by atoms with Gasteiger partial charge >= 0.3 is 17.8 Å². The van der Waals surface area contributed by atoms with E-state index in [4.69, 9.17) is 10.2 Å². The molecule has 2 heterocycles. The third-order valence-corrected chi connectivity index (χ3v) is 3.56. The Bertz CT molecular complexity index is 964. The predicted molar refractivity (Wildman–Crippen MR) is 98.8 cm³/mol. The Morgan fingerprint density at radius 3 is 2.57 bits per heavy atom. The van der Waals surface area contributed by atoms with Crippen molar-refractivity contribution >= 4 is 23.6 Å². The van der Waals surface area contributed by atoms with Gasteiger partial charge < -0.3 is 14.8 Å². The van der Waals surface area contributed by atoms with Crippen LogP contribution >= 0.6 is 0 Å². The molecular formula is C18H21N6O4+. The molecule has 2 aromatic rings. The molecule has 0 aliphatic heterocycles. The molecule has 0 atom stereocenters. The van der Waals surface area contributed by atoms with Crippen LogP contribution in [0.2, 0.25) is 0 Å². The molecule has 2 rings (SSSR count). The van der Waals surface area contributed by atoms with E-state index in [0.29, 0.717) is 17.1 Å². The zero-order valence-corrected chi connectivity index (χ0v) is 15.3. The number of rotatable bonds is 8. The first-order valence-electron chi connectivity index (χ1n) is 8.53. The van der Waals surface area contributed by atoms with Crippen LogP contribution in [0.5, 0.6) is 0 Å². The monoisotopic (exact) mass is 385 g/mol. The Balaban J connectivity index is 2.16. The smallest absolute Gasteiger partial charge is 0.350 e.